The van der Waals surface area contributed by atoms with Crippen molar-refractivity contribution < 1.29 is 14.5 Å². The molecule has 0 radical (unpaired) electrons. The molecule has 0 bridgehead atoms. The zero-order chi connectivity index (χ0) is 27.0. The van der Waals surface area contributed by atoms with Crippen LogP contribution in [0.25, 0.3) is 10.1 Å². The van der Waals surface area contributed by atoms with Gasteiger partial charge in [-0.05, 0) is 36.8 Å². The van der Waals surface area contributed by atoms with Crippen molar-refractivity contribution in [1.82, 2.24) is 4.90 Å². The molecule has 2 heterocycles. The molecule has 1 aliphatic heterocycles. The Bertz CT molecular complexity index is 1580. The summed E-state index contributed by atoms with van der Waals surface area (Å²) < 4.78 is 0.348. The van der Waals surface area contributed by atoms with Crippen LogP contribution in [0.4, 0.5) is 17.1 Å². The van der Waals surface area contributed by atoms with E-state index in [0.717, 1.165) is 22.6 Å². The molecular weight excluding hydrogens is 547 g/mol. The summed E-state index contributed by atoms with van der Waals surface area (Å²) in [6, 6.07) is 17.4. The minimum Gasteiger partial charge on any atom is -0.367 e. The van der Waals surface area contributed by atoms with Gasteiger partial charge in [-0.15, -0.1) is 11.3 Å². The number of benzene rings is 3. The summed E-state index contributed by atoms with van der Waals surface area (Å²) in [7, 11) is 0. The molecule has 0 atom stereocenters. The Hall–Kier alpha value is -3.66. The van der Waals surface area contributed by atoms with Gasteiger partial charge in [0.1, 0.15) is 9.58 Å². The summed E-state index contributed by atoms with van der Waals surface area (Å²) >= 11 is 14.0. The number of non-ortho nitro benzene ring substituents is 1. The third-order valence-corrected chi connectivity index (χ3v) is 8.56. The number of aryl methyl sites for hydroxylation is 1. The first-order valence-corrected chi connectivity index (χ1v) is 13.4. The van der Waals surface area contributed by atoms with Crippen molar-refractivity contribution in [3.63, 3.8) is 0 Å². The largest absolute Gasteiger partial charge is 0.367 e. The maximum atomic E-state index is 13.0. The first kappa shape index (κ1) is 26.0. The van der Waals surface area contributed by atoms with Crippen molar-refractivity contribution in [2.75, 3.05) is 36.4 Å². The molecule has 0 aliphatic carbocycles. The minimum absolute atomic E-state index is 0.0251. The van der Waals surface area contributed by atoms with Gasteiger partial charge in [-0.2, -0.15) is 0 Å². The second kappa shape index (κ2) is 10.6. The van der Waals surface area contributed by atoms with Crippen LogP contribution in [0.1, 0.15) is 25.6 Å². The fourth-order valence-corrected chi connectivity index (χ4v) is 6.32. The zero-order valence-corrected chi connectivity index (χ0v) is 22.6. The molecule has 0 unspecified atom stereocenters. The molecule has 0 spiro atoms. The van der Waals surface area contributed by atoms with Crippen molar-refractivity contribution in [2.24, 2.45) is 0 Å². The van der Waals surface area contributed by atoms with Crippen LogP contribution in [0, 0.1) is 17.0 Å². The molecule has 1 N–H and O–H groups in total. The van der Waals surface area contributed by atoms with E-state index in [1.54, 1.807) is 18.2 Å². The zero-order valence-electron chi connectivity index (χ0n) is 20.2. The normalized spacial score (nSPS) is 13.6. The van der Waals surface area contributed by atoms with Crippen LogP contribution >= 0.6 is 34.5 Å². The summed E-state index contributed by atoms with van der Waals surface area (Å²) in [5.74, 6) is -0.449. The summed E-state index contributed by atoms with van der Waals surface area (Å²) in [5.41, 5.74) is 2.85. The number of nitrogens with zero attached hydrogens (tertiary/aromatic N) is 3. The number of nitro groups is 1. The maximum absolute atomic E-state index is 13.0. The number of carbonyl (C=O) groups excluding carboxylic acids is 2. The number of nitrogens with one attached hydrogen (secondary N) is 1. The molecule has 1 aromatic heterocycles. The second-order valence-electron chi connectivity index (χ2n) is 8.87. The Labute approximate surface area is 232 Å². The lowest BCUT2D eigenvalue weighted by atomic mass is 10.1. The number of piperazine rings is 1. The van der Waals surface area contributed by atoms with Crippen LogP contribution in [-0.2, 0) is 0 Å². The molecule has 38 heavy (non-hydrogen) atoms. The Morgan fingerprint density at radius 1 is 1.00 bits per heavy atom. The number of fused-ring (bicyclic) bond motifs is 1. The molecule has 8 nitrogen and oxygen atoms in total. The van der Waals surface area contributed by atoms with Crippen LogP contribution < -0.4 is 10.2 Å². The number of hydrogen-bond donors (Lipinski definition) is 1. The minimum atomic E-state index is -0.492. The van der Waals surface area contributed by atoms with Crippen LogP contribution in [0.3, 0.4) is 0 Å². The molecule has 4 aromatic rings. The fraction of sp³-hybridized carbons (Fsp3) is 0.185. The highest BCUT2D eigenvalue weighted by Crippen LogP contribution is 2.40. The van der Waals surface area contributed by atoms with Gasteiger partial charge in [0, 0.05) is 48.9 Å². The quantitative estimate of drug-likeness (QED) is 0.215. The maximum Gasteiger partial charge on any atom is 0.287 e. The smallest absolute Gasteiger partial charge is 0.287 e. The Balaban J connectivity index is 1.27. The highest BCUT2D eigenvalue weighted by atomic mass is 35.5. The highest BCUT2D eigenvalue weighted by Gasteiger charge is 2.25. The first-order chi connectivity index (χ1) is 18.2. The molecule has 11 heteroatoms. The number of carbonyl (C=O) groups is 2. The van der Waals surface area contributed by atoms with Gasteiger partial charge in [0.05, 0.1) is 20.7 Å². The van der Waals surface area contributed by atoms with E-state index in [1.807, 2.05) is 42.2 Å². The lowest BCUT2D eigenvalue weighted by molar-refractivity contribution is -0.382. The van der Waals surface area contributed by atoms with E-state index >= 15 is 0 Å². The van der Waals surface area contributed by atoms with Crippen molar-refractivity contribution in [1.29, 1.82) is 0 Å². The van der Waals surface area contributed by atoms with Gasteiger partial charge in [-0.3, -0.25) is 19.7 Å². The van der Waals surface area contributed by atoms with E-state index < -0.39 is 10.8 Å². The SMILES string of the molecule is Cc1ccccc1C(=O)N1CCN(c2ccc(NC(=O)c3sc4c([N+](=O)[O-])cccc4c3Cl)cc2Cl)CC1. The lowest BCUT2D eigenvalue weighted by Crippen LogP contribution is -2.49. The van der Waals surface area contributed by atoms with Gasteiger partial charge in [-0.25, -0.2) is 0 Å². The second-order valence-corrected chi connectivity index (χ2v) is 10.7. The van der Waals surface area contributed by atoms with E-state index in [2.05, 4.69) is 10.2 Å². The molecule has 1 saturated heterocycles. The molecule has 194 valence electrons. The van der Waals surface area contributed by atoms with E-state index in [9.17, 15) is 19.7 Å². The Kier molecular flexibility index (Phi) is 7.25. The van der Waals surface area contributed by atoms with Crippen molar-refractivity contribution in [3.8, 4) is 0 Å². The van der Waals surface area contributed by atoms with Gasteiger partial charge < -0.3 is 15.1 Å². The van der Waals surface area contributed by atoms with E-state index in [0.29, 0.717) is 52.5 Å². The van der Waals surface area contributed by atoms with E-state index in [4.69, 9.17) is 23.2 Å². The number of hydrogen-bond acceptors (Lipinski definition) is 6. The van der Waals surface area contributed by atoms with Gasteiger partial charge >= 0.3 is 0 Å². The fourth-order valence-electron chi connectivity index (χ4n) is 4.53. The average Bonchev–Trinajstić information content (AvgIpc) is 3.25. The third-order valence-electron chi connectivity index (χ3n) is 6.53. The van der Waals surface area contributed by atoms with Crippen LogP contribution in [0.5, 0.6) is 0 Å². The van der Waals surface area contributed by atoms with E-state index in [-0.39, 0.29) is 21.5 Å². The average molecular weight is 569 g/mol. The molecule has 2 amide bonds. The summed E-state index contributed by atoms with van der Waals surface area (Å²) in [5, 5.41) is 15.2. The molecule has 0 saturated carbocycles. The molecule has 1 fully saturated rings. The van der Waals surface area contributed by atoms with Crippen LogP contribution in [0.2, 0.25) is 10.0 Å². The Morgan fingerprint density at radius 3 is 2.42 bits per heavy atom. The summed E-state index contributed by atoms with van der Waals surface area (Å²) in [4.78, 5) is 40.9. The monoisotopic (exact) mass is 568 g/mol. The molecule has 3 aromatic carbocycles. The number of rotatable bonds is 5. The topological polar surface area (TPSA) is 95.8 Å². The van der Waals surface area contributed by atoms with Crippen molar-refractivity contribution in [3.05, 3.63) is 96.8 Å². The van der Waals surface area contributed by atoms with Gasteiger partial charge in [-0.1, -0.05) is 53.5 Å². The van der Waals surface area contributed by atoms with Crippen molar-refractivity contribution >= 4 is 73.5 Å². The summed E-state index contributed by atoms with van der Waals surface area (Å²) in [6.07, 6.45) is 0. The third kappa shape index (κ3) is 4.92. The number of amides is 2. The number of thiophene rings is 1. The van der Waals surface area contributed by atoms with Crippen LogP contribution in [-0.4, -0.2) is 47.8 Å². The van der Waals surface area contributed by atoms with E-state index in [1.165, 1.54) is 12.1 Å². The molecule has 5 rings (SSSR count). The van der Waals surface area contributed by atoms with Crippen molar-refractivity contribution in [2.45, 2.75) is 6.92 Å². The predicted molar refractivity (Wildman–Crippen MR) is 152 cm³/mol. The van der Waals surface area contributed by atoms with Gasteiger partial charge in [0.2, 0.25) is 0 Å². The Morgan fingerprint density at radius 2 is 1.74 bits per heavy atom. The highest BCUT2D eigenvalue weighted by molar-refractivity contribution is 7.22. The predicted octanol–water partition coefficient (Wildman–Crippen LogP) is 6.64. The van der Waals surface area contributed by atoms with Gasteiger partial charge in [0.15, 0.2) is 0 Å². The van der Waals surface area contributed by atoms with Crippen LogP contribution in [0.15, 0.2) is 60.7 Å². The van der Waals surface area contributed by atoms with Gasteiger partial charge in [0.25, 0.3) is 17.5 Å². The number of halogens is 2. The standard InChI is InChI=1S/C27H22Cl2N4O4S/c1-16-5-2-3-6-18(16)27(35)32-13-11-31(12-14-32)21-10-9-17(15-20(21)28)30-26(34)25-23(29)19-7-4-8-22(33(36)37)24(19)38-25/h2-10,15H,11-14H2,1H3,(H,30,34). The number of anilines is 2. The lowest BCUT2D eigenvalue weighted by Gasteiger charge is -2.36. The summed E-state index contributed by atoms with van der Waals surface area (Å²) in [6.45, 7) is 4.32. The molecular formula is C27H22Cl2N4O4S. The molecule has 1 aliphatic rings. The first-order valence-electron chi connectivity index (χ1n) is 11.8. The number of nitro benzene ring substituents is 1.